The van der Waals surface area contributed by atoms with Crippen LogP contribution < -0.4 is 26.4 Å². The van der Waals surface area contributed by atoms with Crippen molar-refractivity contribution in [1.82, 2.24) is 9.97 Å². The molecule has 0 radical (unpaired) electrons. The molecule has 2 atom stereocenters. The highest BCUT2D eigenvalue weighted by molar-refractivity contribution is 6.04. The number of hydrogen-bond donors (Lipinski definition) is 4. The van der Waals surface area contributed by atoms with Crippen molar-refractivity contribution in [3.63, 3.8) is 0 Å². The van der Waals surface area contributed by atoms with Gasteiger partial charge in [-0.25, -0.2) is 0 Å². The zero-order chi connectivity index (χ0) is 22.8. The number of rotatable bonds is 4. The van der Waals surface area contributed by atoms with Crippen LogP contribution in [0.15, 0.2) is 29.1 Å². The summed E-state index contributed by atoms with van der Waals surface area (Å²) in [6, 6.07) is 6.57. The van der Waals surface area contributed by atoms with E-state index in [2.05, 4.69) is 32.8 Å². The van der Waals surface area contributed by atoms with E-state index >= 15 is 0 Å². The highest BCUT2D eigenvalue weighted by Gasteiger charge is 2.35. The smallest absolute Gasteiger partial charge is 0.258 e. The monoisotopic (exact) mass is 438 g/mol. The third-order valence-corrected chi connectivity index (χ3v) is 5.68. The Labute approximate surface area is 184 Å². The number of aromatic amines is 1. The average molecular weight is 438 g/mol. The first-order valence-electron chi connectivity index (χ1n) is 10.7. The van der Waals surface area contributed by atoms with Crippen LogP contribution in [0.25, 0.3) is 0 Å². The fraction of sp³-hybridized carbons (Fsp3) is 0.409. The zero-order valence-corrected chi connectivity index (χ0v) is 18.0. The molecule has 1 saturated heterocycles. The molecule has 0 unspecified atom stereocenters. The standard InChI is InChI=1S/C22H26N6O4/c1-12-4-3-9-28(11-12)22-26-19-18(21(32)27-22)16(10-17(30)25-19)20(31)24-15-7-5-14(6-8-15)23-13(2)29/h5-8,12,16H,3-4,9-11H2,1-2H3,(H,23,29)(H,24,31)(H2,25,26,27,30,32)/t12-,16-/m1/s1. The molecule has 1 aromatic carbocycles. The predicted octanol–water partition coefficient (Wildman–Crippen LogP) is 2.03. The number of fused-ring (bicyclic) bond motifs is 1. The molecule has 4 N–H and O–H groups in total. The Hall–Kier alpha value is -3.69. The van der Waals surface area contributed by atoms with Gasteiger partial charge in [0, 0.05) is 37.8 Å². The third-order valence-electron chi connectivity index (χ3n) is 5.68. The van der Waals surface area contributed by atoms with E-state index in [1.54, 1.807) is 24.3 Å². The Morgan fingerprint density at radius 3 is 2.47 bits per heavy atom. The molecule has 4 rings (SSSR count). The molecule has 10 heteroatoms. The van der Waals surface area contributed by atoms with Crippen LogP contribution in [0, 0.1) is 5.92 Å². The minimum Gasteiger partial charge on any atom is -0.342 e. The van der Waals surface area contributed by atoms with E-state index in [4.69, 9.17) is 0 Å². The maximum Gasteiger partial charge on any atom is 0.258 e. The number of nitrogens with one attached hydrogen (secondary N) is 4. The van der Waals surface area contributed by atoms with Crippen LogP contribution in [-0.4, -0.2) is 40.8 Å². The zero-order valence-electron chi connectivity index (χ0n) is 18.0. The van der Waals surface area contributed by atoms with Crippen LogP contribution in [0.3, 0.4) is 0 Å². The predicted molar refractivity (Wildman–Crippen MR) is 121 cm³/mol. The molecule has 0 bridgehead atoms. The van der Waals surface area contributed by atoms with Crippen molar-refractivity contribution in [3.8, 4) is 0 Å². The van der Waals surface area contributed by atoms with Gasteiger partial charge in [0.2, 0.25) is 23.7 Å². The summed E-state index contributed by atoms with van der Waals surface area (Å²) in [5.41, 5.74) is 0.813. The van der Waals surface area contributed by atoms with Gasteiger partial charge in [-0.15, -0.1) is 0 Å². The molecule has 32 heavy (non-hydrogen) atoms. The molecule has 10 nitrogen and oxygen atoms in total. The quantitative estimate of drug-likeness (QED) is 0.577. The van der Waals surface area contributed by atoms with Gasteiger partial charge in [0.1, 0.15) is 5.82 Å². The summed E-state index contributed by atoms with van der Waals surface area (Å²) in [4.78, 5) is 58.6. The first-order valence-corrected chi connectivity index (χ1v) is 10.7. The summed E-state index contributed by atoms with van der Waals surface area (Å²) >= 11 is 0. The number of anilines is 4. The molecule has 168 valence electrons. The molecule has 0 spiro atoms. The topological polar surface area (TPSA) is 136 Å². The van der Waals surface area contributed by atoms with Crippen molar-refractivity contribution in [3.05, 3.63) is 40.2 Å². The number of hydrogen-bond acceptors (Lipinski definition) is 6. The van der Waals surface area contributed by atoms with E-state index in [9.17, 15) is 19.2 Å². The third kappa shape index (κ3) is 4.63. The molecule has 2 aliphatic heterocycles. The Morgan fingerprint density at radius 1 is 1.12 bits per heavy atom. The van der Waals surface area contributed by atoms with E-state index in [1.807, 2.05) is 4.90 Å². The second-order valence-electron chi connectivity index (χ2n) is 8.40. The van der Waals surface area contributed by atoms with Gasteiger partial charge in [-0.05, 0) is 43.0 Å². The van der Waals surface area contributed by atoms with Gasteiger partial charge in [-0.3, -0.25) is 24.2 Å². The van der Waals surface area contributed by atoms with Crippen molar-refractivity contribution in [2.24, 2.45) is 5.92 Å². The van der Waals surface area contributed by atoms with Crippen molar-refractivity contribution < 1.29 is 14.4 Å². The van der Waals surface area contributed by atoms with Crippen molar-refractivity contribution in [2.75, 3.05) is 33.9 Å². The molecular weight excluding hydrogens is 412 g/mol. The first kappa shape index (κ1) is 21.5. The summed E-state index contributed by atoms with van der Waals surface area (Å²) in [7, 11) is 0. The highest BCUT2D eigenvalue weighted by atomic mass is 16.2. The lowest BCUT2D eigenvalue weighted by Gasteiger charge is -2.32. The van der Waals surface area contributed by atoms with Crippen molar-refractivity contribution in [2.45, 2.75) is 39.0 Å². The van der Waals surface area contributed by atoms with Gasteiger partial charge in [0.25, 0.3) is 5.56 Å². The van der Waals surface area contributed by atoms with Crippen molar-refractivity contribution in [1.29, 1.82) is 0 Å². The lowest BCUT2D eigenvalue weighted by Crippen LogP contribution is -2.40. The summed E-state index contributed by atoms with van der Waals surface area (Å²) in [6.07, 6.45) is 1.98. The maximum absolute atomic E-state index is 13.0. The Bertz CT molecular complexity index is 1110. The van der Waals surface area contributed by atoms with Crippen LogP contribution in [-0.2, 0) is 14.4 Å². The fourth-order valence-corrected chi connectivity index (χ4v) is 4.18. The van der Waals surface area contributed by atoms with Crippen LogP contribution in [0.5, 0.6) is 0 Å². The lowest BCUT2D eigenvalue weighted by molar-refractivity contribution is -0.123. The van der Waals surface area contributed by atoms with Crippen LogP contribution >= 0.6 is 0 Å². The summed E-state index contributed by atoms with van der Waals surface area (Å²) < 4.78 is 0. The molecule has 2 aliphatic rings. The number of amides is 3. The van der Waals surface area contributed by atoms with E-state index in [-0.39, 0.29) is 29.6 Å². The Morgan fingerprint density at radius 2 is 1.81 bits per heavy atom. The number of nitrogens with zero attached hydrogens (tertiary/aromatic N) is 2. The highest BCUT2D eigenvalue weighted by Crippen LogP contribution is 2.31. The lowest BCUT2D eigenvalue weighted by atomic mass is 9.92. The number of piperidine rings is 1. The average Bonchev–Trinajstić information content (AvgIpc) is 2.73. The van der Waals surface area contributed by atoms with Gasteiger partial charge in [0.15, 0.2) is 0 Å². The molecule has 3 amide bonds. The normalized spacial score (nSPS) is 20.2. The summed E-state index contributed by atoms with van der Waals surface area (Å²) in [5, 5.41) is 8.04. The van der Waals surface area contributed by atoms with Crippen molar-refractivity contribution >= 4 is 40.9 Å². The minimum absolute atomic E-state index is 0.138. The van der Waals surface area contributed by atoms with E-state index in [1.165, 1.54) is 6.92 Å². The largest absolute Gasteiger partial charge is 0.342 e. The Kier molecular flexibility index (Phi) is 5.93. The van der Waals surface area contributed by atoms with Gasteiger partial charge in [0.05, 0.1) is 11.5 Å². The summed E-state index contributed by atoms with van der Waals surface area (Å²) in [6.45, 7) is 5.10. The van der Waals surface area contributed by atoms with E-state index in [0.29, 0.717) is 23.2 Å². The number of aromatic nitrogens is 2. The molecule has 0 aliphatic carbocycles. The Balaban J connectivity index is 1.57. The molecule has 1 aromatic heterocycles. The van der Waals surface area contributed by atoms with E-state index in [0.717, 1.165) is 25.9 Å². The maximum atomic E-state index is 13.0. The second kappa shape index (κ2) is 8.81. The van der Waals surface area contributed by atoms with E-state index < -0.39 is 17.4 Å². The molecule has 1 fully saturated rings. The summed E-state index contributed by atoms with van der Waals surface area (Å²) in [5.74, 6) is -0.962. The van der Waals surface area contributed by atoms with Crippen LogP contribution in [0.2, 0.25) is 0 Å². The SMILES string of the molecule is CC(=O)Nc1ccc(NC(=O)[C@@H]2CC(=O)Nc3nc(N4CCC[C@@H](C)C4)[nH]c(=O)c32)cc1. The molecule has 0 saturated carbocycles. The number of carbonyl (C=O) groups is 3. The number of H-pyrrole nitrogens is 1. The van der Waals surface area contributed by atoms with Gasteiger partial charge in [-0.2, -0.15) is 4.98 Å². The van der Waals surface area contributed by atoms with Crippen LogP contribution in [0.4, 0.5) is 23.1 Å². The van der Waals surface area contributed by atoms with Gasteiger partial charge in [-0.1, -0.05) is 6.92 Å². The first-order chi connectivity index (χ1) is 15.3. The van der Waals surface area contributed by atoms with Gasteiger partial charge < -0.3 is 20.9 Å². The van der Waals surface area contributed by atoms with Gasteiger partial charge >= 0.3 is 0 Å². The van der Waals surface area contributed by atoms with Crippen LogP contribution in [0.1, 0.15) is 44.6 Å². The fourth-order valence-electron chi connectivity index (χ4n) is 4.18. The second-order valence-corrected chi connectivity index (χ2v) is 8.40. The molecule has 2 aromatic rings. The number of benzene rings is 1. The number of carbonyl (C=O) groups excluding carboxylic acids is 3. The molecular formula is C22H26N6O4. The minimum atomic E-state index is -0.959. The molecule has 3 heterocycles.